The molecule has 1 aromatic carbocycles. The van der Waals surface area contributed by atoms with E-state index in [1.54, 1.807) is 6.07 Å². The number of carbonyl (C=O) groups is 4. The van der Waals surface area contributed by atoms with Gasteiger partial charge >= 0.3 is 0 Å². The highest BCUT2D eigenvalue weighted by atomic mass is 16.2. The summed E-state index contributed by atoms with van der Waals surface area (Å²) in [4.78, 5) is 48.8. The van der Waals surface area contributed by atoms with Crippen LogP contribution in [0.2, 0.25) is 0 Å². The van der Waals surface area contributed by atoms with Crippen molar-refractivity contribution in [1.82, 2.24) is 10.2 Å². The van der Waals surface area contributed by atoms with E-state index in [0.717, 1.165) is 0 Å². The highest BCUT2D eigenvalue weighted by Gasteiger charge is 2.41. The fourth-order valence-electron chi connectivity index (χ4n) is 3.07. The van der Waals surface area contributed by atoms with Crippen LogP contribution in [-0.2, 0) is 20.9 Å². The van der Waals surface area contributed by atoms with Gasteiger partial charge in [-0.3, -0.25) is 24.5 Å². The van der Waals surface area contributed by atoms with Crippen LogP contribution in [0.4, 0.5) is 5.69 Å². The number of benzene rings is 1. The molecule has 122 valence electrons. The number of imide groups is 1. The fraction of sp³-hybridized carbons (Fsp3) is 0.312. The van der Waals surface area contributed by atoms with Gasteiger partial charge in [-0.05, 0) is 18.6 Å². The molecular formula is C16H14N4O4. The van der Waals surface area contributed by atoms with Gasteiger partial charge in [-0.25, -0.2) is 0 Å². The van der Waals surface area contributed by atoms with E-state index >= 15 is 0 Å². The van der Waals surface area contributed by atoms with Crippen molar-refractivity contribution >= 4 is 29.3 Å². The normalized spacial score (nSPS) is 19.6. The van der Waals surface area contributed by atoms with Crippen molar-refractivity contribution in [2.24, 2.45) is 0 Å². The summed E-state index contributed by atoms with van der Waals surface area (Å²) in [5, 5.41) is 14.1. The van der Waals surface area contributed by atoms with Crippen LogP contribution >= 0.6 is 0 Å². The van der Waals surface area contributed by atoms with E-state index in [1.165, 1.54) is 17.9 Å². The molecule has 0 spiro atoms. The zero-order valence-electron chi connectivity index (χ0n) is 12.9. The van der Waals surface area contributed by atoms with Gasteiger partial charge in [0.15, 0.2) is 0 Å². The number of hydrogen-bond acceptors (Lipinski definition) is 5. The molecule has 3 rings (SSSR count). The molecule has 1 aromatic rings. The number of hydrogen-bond donors (Lipinski definition) is 2. The van der Waals surface area contributed by atoms with Gasteiger partial charge in [0.25, 0.3) is 5.91 Å². The van der Waals surface area contributed by atoms with E-state index in [-0.39, 0.29) is 42.3 Å². The quantitative estimate of drug-likeness (QED) is 0.756. The number of amides is 4. The molecule has 8 nitrogen and oxygen atoms in total. The topological polar surface area (TPSA) is 119 Å². The molecule has 8 heteroatoms. The minimum absolute atomic E-state index is 0.103. The van der Waals surface area contributed by atoms with E-state index in [2.05, 4.69) is 10.6 Å². The predicted octanol–water partition coefficient (Wildman–Crippen LogP) is 0.278. The van der Waals surface area contributed by atoms with Crippen LogP contribution in [0.15, 0.2) is 12.1 Å². The first-order chi connectivity index (χ1) is 11.4. The van der Waals surface area contributed by atoms with E-state index in [1.807, 2.05) is 6.07 Å². The molecule has 2 heterocycles. The largest absolute Gasteiger partial charge is 0.326 e. The molecule has 0 saturated carbocycles. The van der Waals surface area contributed by atoms with Crippen molar-refractivity contribution < 1.29 is 19.2 Å². The first-order valence-electron chi connectivity index (χ1n) is 7.40. The second-order valence-electron chi connectivity index (χ2n) is 5.71. The summed E-state index contributed by atoms with van der Waals surface area (Å²) < 4.78 is 0. The Hall–Kier alpha value is -3.21. The smallest absolute Gasteiger partial charge is 0.256 e. The number of nitrogens with zero attached hydrogens (tertiary/aromatic N) is 2. The van der Waals surface area contributed by atoms with Gasteiger partial charge in [-0.2, -0.15) is 5.26 Å². The lowest BCUT2D eigenvalue weighted by Crippen LogP contribution is -2.52. The van der Waals surface area contributed by atoms with Gasteiger partial charge in [-0.15, -0.1) is 0 Å². The number of piperidine rings is 1. The molecular weight excluding hydrogens is 312 g/mol. The summed E-state index contributed by atoms with van der Waals surface area (Å²) in [6.45, 7) is 1.45. The third-order valence-corrected chi connectivity index (χ3v) is 4.13. The maximum Gasteiger partial charge on any atom is 0.256 e. The SMILES string of the molecule is CC(=O)Nc1ccc(C#N)c2c1CN(C1CCC(=O)NC1=O)C2=O. The zero-order valence-corrected chi connectivity index (χ0v) is 12.9. The number of fused-ring (bicyclic) bond motifs is 1. The van der Waals surface area contributed by atoms with Gasteiger partial charge in [-0.1, -0.05) is 0 Å². The Morgan fingerprint density at radius 3 is 2.75 bits per heavy atom. The van der Waals surface area contributed by atoms with Gasteiger partial charge in [0.2, 0.25) is 17.7 Å². The van der Waals surface area contributed by atoms with Gasteiger partial charge in [0.1, 0.15) is 6.04 Å². The van der Waals surface area contributed by atoms with Crippen molar-refractivity contribution in [1.29, 1.82) is 5.26 Å². The molecule has 1 atom stereocenters. The van der Waals surface area contributed by atoms with Crippen molar-refractivity contribution in [2.45, 2.75) is 32.4 Å². The number of carbonyl (C=O) groups excluding carboxylic acids is 4. The molecule has 2 aliphatic rings. The average Bonchev–Trinajstić information content (AvgIpc) is 2.86. The molecule has 0 bridgehead atoms. The number of anilines is 1. The van der Waals surface area contributed by atoms with Crippen molar-refractivity contribution in [3.63, 3.8) is 0 Å². The number of nitriles is 1. The highest BCUT2D eigenvalue weighted by Crippen LogP contribution is 2.34. The molecule has 0 radical (unpaired) electrons. The summed E-state index contributed by atoms with van der Waals surface area (Å²) in [6.07, 6.45) is 0.391. The average molecular weight is 326 g/mol. The van der Waals surface area contributed by atoms with Crippen LogP contribution in [0.3, 0.4) is 0 Å². The minimum atomic E-state index is -0.765. The summed E-state index contributed by atoms with van der Waals surface area (Å²) >= 11 is 0. The Labute approximate surface area is 137 Å². The molecule has 2 aliphatic heterocycles. The van der Waals surface area contributed by atoms with Crippen molar-refractivity contribution in [3.05, 3.63) is 28.8 Å². The maximum atomic E-state index is 12.7. The van der Waals surface area contributed by atoms with Crippen molar-refractivity contribution in [3.8, 4) is 6.07 Å². The first-order valence-corrected chi connectivity index (χ1v) is 7.40. The summed E-state index contributed by atoms with van der Waals surface area (Å²) in [5.41, 5.74) is 1.35. The van der Waals surface area contributed by atoms with Crippen molar-refractivity contribution in [2.75, 3.05) is 5.32 Å². The molecule has 24 heavy (non-hydrogen) atoms. The third-order valence-electron chi connectivity index (χ3n) is 4.13. The molecule has 1 saturated heterocycles. The maximum absolute atomic E-state index is 12.7. The summed E-state index contributed by atoms with van der Waals surface area (Å²) in [5.74, 6) is -1.62. The second-order valence-corrected chi connectivity index (χ2v) is 5.71. The van der Waals surface area contributed by atoms with Crippen LogP contribution in [0.5, 0.6) is 0 Å². The number of nitrogens with one attached hydrogen (secondary N) is 2. The molecule has 4 amide bonds. The molecule has 0 aliphatic carbocycles. The lowest BCUT2D eigenvalue weighted by Gasteiger charge is -2.29. The molecule has 0 aromatic heterocycles. The van der Waals surface area contributed by atoms with Crippen LogP contribution in [0.25, 0.3) is 0 Å². The van der Waals surface area contributed by atoms with E-state index in [0.29, 0.717) is 11.3 Å². The lowest BCUT2D eigenvalue weighted by molar-refractivity contribution is -0.137. The number of rotatable bonds is 2. The van der Waals surface area contributed by atoms with Crippen LogP contribution < -0.4 is 10.6 Å². The Morgan fingerprint density at radius 1 is 1.38 bits per heavy atom. The summed E-state index contributed by atoms with van der Waals surface area (Å²) in [6, 6.07) is 4.24. The lowest BCUT2D eigenvalue weighted by atomic mass is 10.0. The summed E-state index contributed by atoms with van der Waals surface area (Å²) in [7, 11) is 0. The second kappa shape index (κ2) is 5.77. The van der Waals surface area contributed by atoms with Crippen LogP contribution in [0.1, 0.15) is 41.3 Å². The molecule has 1 unspecified atom stereocenters. The minimum Gasteiger partial charge on any atom is -0.326 e. The molecule has 2 N–H and O–H groups in total. The Balaban J connectivity index is 2.00. The zero-order chi connectivity index (χ0) is 17.4. The Kier molecular flexibility index (Phi) is 3.77. The monoisotopic (exact) mass is 326 g/mol. The molecule has 1 fully saturated rings. The van der Waals surface area contributed by atoms with Gasteiger partial charge < -0.3 is 10.2 Å². The first kappa shape index (κ1) is 15.7. The predicted molar refractivity (Wildman–Crippen MR) is 81.5 cm³/mol. The Morgan fingerprint density at radius 2 is 2.12 bits per heavy atom. The van der Waals surface area contributed by atoms with Gasteiger partial charge in [0, 0.05) is 31.1 Å². The van der Waals surface area contributed by atoms with E-state index in [9.17, 15) is 24.4 Å². The van der Waals surface area contributed by atoms with E-state index in [4.69, 9.17) is 0 Å². The van der Waals surface area contributed by atoms with E-state index < -0.39 is 17.9 Å². The fourth-order valence-corrected chi connectivity index (χ4v) is 3.07. The van der Waals surface area contributed by atoms with Crippen LogP contribution in [-0.4, -0.2) is 34.6 Å². The van der Waals surface area contributed by atoms with Gasteiger partial charge in [0.05, 0.1) is 17.2 Å². The van der Waals surface area contributed by atoms with Crippen LogP contribution in [0, 0.1) is 11.3 Å². The Bertz CT molecular complexity index is 824. The standard InChI is InChI=1S/C16H14N4O4/c1-8(21)18-11-3-2-9(6-17)14-10(11)7-20(16(14)24)12-4-5-13(22)19-15(12)23/h2-3,12H,4-5,7H2,1H3,(H,18,21)(H,19,22,23). The highest BCUT2D eigenvalue weighted by molar-refractivity contribution is 6.07. The third kappa shape index (κ3) is 2.50.